The Morgan fingerprint density at radius 3 is 2.63 bits per heavy atom. The number of hydrogen-bond acceptors (Lipinski definition) is 2. The second kappa shape index (κ2) is 6.36. The second-order valence-corrected chi connectivity index (χ2v) is 4.74. The summed E-state index contributed by atoms with van der Waals surface area (Å²) >= 11 is 4.78. The van der Waals surface area contributed by atoms with Gasteiger partial charge in [-0.3, -0.25) is 0 Å². The molecule has 5 heteroatoms. The van der Waals surface area contributed by atoms with E-state index in [1.807, 2.05) is 24.5 Å². The first-order valence-electron chi connectivity index (χ1n) is 6.19. The van der Waals surface area contributed by atoms with E-state index in [2.05, 4.69) is 28.1 Å². The lowest BCUT2D eigenvalue weighted by Crippen LogP contribution is -2.30. The van der Waals surface area contributed by atoms with Crippen LogP contribution in [0.2, 0.25) is 0 Å². The highest BCUT2D eigenvalue weighted by Crippen LogP contribution is 2.17. The van der Waals surface area contributed by atoms with Crippen molar-refractivity contribution in [2.75, 3.05) is 6.54 Å². The molecule has 1 aromatic carbocycles. The molecule has 0 fully saturated rings. The Morgan fingerprint density at radius 1 is 1.26 bits per heavy atom. The lowest BCUT2D eigenvalue weighted by molar-refractivity contribution is 0.864. The first-order valence-corrected chi connectivity index (χ1v) is 6.60. The first-order chi connectivity index (χ1) is 9.20. The summed E-state index contributed by atoms with van der Waals surface area (Å²) in [6.45, 7) is 1.26. The molecular weight excluding hydrogens is 256 g/mol. The minimum Gasteiger partial charge on any atom is -0.376 e. The molecule has 5 N–H and O–H groups in total. The van der Waals surface area contributed by atoms with E-state index in [1.165, 1.54) is 5.56 Å². The number of hydrogen-bond donors (Lipinski definition) is 3. The summed E-state index contributed by atoms with van der Waals surface area (Å²) in [5.41, 5.74) is 14.7. The Morgan fingerprint density at radius 2 is 2.00 bits per heavy atom. The van der Waals surface area contributed by atoms with E-state index in [0.717, 1.165) is 24.2 Å². The summed E-state index contributed by atoms with van der Waals surface area (Å²) < 4.78 is 2.07. The normalized spacial score (nSPS) is 10.4. The van der Waals surface area contributed by atoms with Crippen molar-refractivity contribution in [3.05, 3.63) is 53.9 Å². The third kappa shape index (κ3) is 3.56. The Balaban J connectivity index is 2.14. The maximum atomic E-state index is 5.83. The molecule has 0 atom stereocenters. The van der Waals surface area contributed by atoms with E-state index >= 15 is 0 Å². The van der Waals surface area contributed by atoms with Crippen LogP contribution in [-0.4, -0.2) is 16.2 Å². The van der Waals surface area contributed by atoms with E-state index in [4.69, 9.17) is 23.7 Å². The maximum Gasteiger partial charge on any atom is 0.163 e. The van der Waals surface area contributed by atoms with E-state index < -0.39 is 0 Å². The van der Waals surface area contributed by atoms with E-state index in [-0.39, 0.29) is 0 Å². The van der Waals surface area contributed by atoms with E-state index in [1.54, 1.807) is 0 Å². The summed E-state index contributed by atoms with van der Waals surface area (Å²) in [6, 6.07) is 10.3. The molecule has 2 aromatic rings. The standard InChI is InChI=1S/C14H18N4S/c15-10-12-9-11(5-6-17-14(16)19)3-4-13(12)18-7-1-2-8-18/h1-4,7-9H,5-6,10,15H2,(H3,16,17,19). The summed E-state index contributed by atoms with van der Waals surface area (Å²) in [5.74, 6) is 0. The van der Waals surface area contributed by atoms with Crippen LogP contribution in [0, 0.1) is 0 Å². The molecule has 2 rings (SSSR count). The van der Waals surface area contributed by atoms with Crippen molar-refractivity contribution in [1.29, 1.82) is 0 Å². The van der Waals surface area contributed by atoms with Gasteiger partial charge in [0.15, 0.2) is 5.11 Å². The van der Waals surface area contributed by atoms with Crippen LogP contribution >= 0.6 is 12.2 Å². The third-order valence-electron chi connectivity index (χ3n) is 2.96. The monoisotopic (exact) mass is 274 g/mol. The molecule has 0 aliphatic heterocycles. The number of thiocarbonyl (C=S) groups is 1. The van der Waals surface area contributed by atoms with Gasteiger partial charge < -0.3 is 21.4 Å². The molecule has 0 radical (unpaired) electrons. The molecule has 0 spiro atoms. The quantitative estimate of drug-likeness (QED) is 0.719. The zero-order chi connectivity index (χ0) is 13.7. The van der Waals surface area contributed by atoms with Crippen molar-refractivity contribution in [3.8, 4) is 5.69 Å². The van der Waals surface area contributed by atoms with Gasteiger partial charge in [0, 0.05) is 31.2 Å². The fraction of sp³-hybridized carbons (Fsp3) is 0.214. The molecular formula is C14H18N4S. The van der Waals surface area contributed by atoms with Crippen LogP contribution in [0.3, 0.4) is 0 Å². The Kier molecular flexibility index (Phi) is 4.54. The predicted octanol–water partition coefficient (Wildman–Crippen LogP) is 1.31. The van der Waals surface area contributed by atoms with Crippen LogP contribution in [0.1, 0.15) is 11.1 Å². The van der Waals surface area contributed by atoms with Gasteiger partial charge in [-0.1, -0.05) is 12.1 Å². The molecule has 0 saturated heterocycles. The summed E-state index contributed by atoms with van der Waals surface area (Å²) in [6.07, 6.45) is 4.90. The van der Waals surface area contributed by atoms with Crippen molar-refractivity contribution in [1.82, 2.24) is 9.88 Å². The SMILES string of the molecule is NCc1cc(CCNC(N)=S)ccc1-n1cccc1. The number of rotatable bonds is 5. The molecule has 0 bridgehead atoms. The van der Waals surface area contributed by atoms with Crippen molar-refractivity contribution in [3.63, 3.8) is 0 Å². The third-order valence-corrected chi connectivity index (χ3v) is 3.10. The Bertz CT molecular complexity index is 549. The smallest absolute Gasteiger partial charge is 0.163 e. The predicted molar refractivity (Wildman–Crippen MR) is 82.2 cm³/mol. The molecule has 1 heterocycles. The molecule has 0 saturated carbocycles. The molecule has 1 aromatic heterocycles. The number of nitrogens with two attached hydrogens (primary N) is 2. The van der Waals surface area contributed by atoms with Crippen molar-refractivity contribution < 1.29 is 0 Å². The van der Waals surface area contributed by atoms with Gasteiger partial charge in [0.05, 0.1) is 0 Å². The van der Waals surface area contributed by atoms with Crippen molar-refractivity contribution in [2.24, 2.45) is 11.5 Å². The molecule has 0 unspecified atom stereocenters. The van der Waals surface area contributed by atoms with Crippen LogP contribution < -0.4 is 16.8 Å². The lowest BCUT2D eigenvalue weighted by atomic mass is 10.1. The number of nitrogens with one attached hydrogen (secondary N) is 1. The van der Waals surface area contributed by atoms with Crippen LogP contribution in [0.25, 0.3) is 5.69 Å². The highest BCUT2D eigenvalue weighted by atomic mass is 32.1. The number of aromatic nitrogens is 1. The van der Waals surface area contributed by atoms with Gasteiger partial charge in [-0.05, 0) is 48.0 Å². The average Bonchev–Trinajstić information content (AvgIpc) is 2.92. The Labute approximate surface area is 118 Å². The zero-order valence-electron chi connectivity index (χ0n) is 10.7. The van der Waals surface area contributed by atoms with Gasteiger partial charge in [0.1, 0.15) is 0 Å². The van der Waals surface area contributed by atoms with E-state index in [9.17, 15) is 0 Å². The second-order valence-electron chi connectivity index (χ2n) is 4.30. The van der Waals surface area contributed by atoms with Gasteiger partial charge in [-0.15, -0.1) is 0 Å². The fourth-order valence-corrected chi connectivity index (χ4v) is 2.14. The Hall–Kier alpha value is -1.85. The van der Waals surface area contributed by atoms with Gasteiger partial charge in [0.2, 0.25) is 0 Å². The van der Waals surface area contributed by atoms with Crippen molar-refractivity contribution in [2.45, 2.75) is 13.0 Å². The largest absolute Gasteiger partial charge is 0.376 e. The first kappa shape index (κ1) is 13.6. The van der Waals surface area contributed by atoms with Crippen LogP contribution in [0.15, 0.2) is 42.7 Å². The van der Waals surface area contributed by atoms with E-state index in [0.29, 0.717) is 11.7 Å². The van der Waals surface area contributed by atoms with Gasteiger partial charge >= 0.3 is 0 Å². The summed E-state index contributed by atoms with van der Waals surface area (Å²) in [5, 5.41) is 3.28. The van der Waals surface area contributed by atoms with Crippen LogP contribution in [-0.2, 0) is 13.0 Å². The summed E-state index contributed by atoms with van der Waals surface area (Å²) in [7, 11) is 0. The minimum atomic E-state index is 0.336. The molecule has 100 valence electrons. The molecule has 4 nitrogen and oxygen atoms in total. The highest BCUT2D eigenvalue weighted by molar-refractivity contribution is 7.80. The van der Waals surface area contributed by atoms with Gasteiger partial charge in [-0.25, -0.2) is 0 Å². The maximum absolute atomic E-state index is 5.83. The van der Waals surface area contributed by atoms with Gasteiger partial charge in [-0.2, -0.15) is 0 Å². The molecule has 0 aliphatic rings. The minimum absolute atomic E-state index is 0.336. The average molecular weight is 274 g/mol. The topological polar surface area (TPSA) is 69.0 Å². The van der Waals surface area contributed by atoms with Crippen molar-refractivity contribution >= 4 is 17.3 Å². The molecule has 19 heavy (non-hydrogen) atoms. The fourth-order valence-electron chi connectivity index (χ4n) is 2.03. The van der Waals surface area contributed by atoms with Crippen LogP contribution in [0.4, 0.5) is 0 Å². The number of benzene rings is 1. The number of nitrogens with zero attached hydrogens (tertiary/aromatic N) is 1. The molecule has 0 aliphatic carbocycles. The lowest BCUT2D eigenvalue weighted by Gasteiger charge is -2.12. The summed E-state index contributed by atoms with van der Waals surface area (Å²) in [4.78, 5) is 0. The van der Waals surface area contributed by atoms with Gasteiger partial charge in [0.25, 0.3) is 0 Å². The van der Waals surface area contributed by atoms with Crippen LogP contribution in [0.5, 0.6) is 0 Å². The zero-order valence-corrected chi connectivity index (χ0v) is 11.5. The molecule has 0 amide bonds. The highest BCUT2D eigenvalue weighted by Gasteiger charge is 2.04.